The molecule has 1 saturated heterocycles. The molecule has 78 valence electrons. The lowest BCUT2D eigenvalue weighted by atomic mass is 9.78. The number of hydrogen-bond donors (Lipinski definition) is 0. The average molecular weight is 192 g/mol. The summed E-state index contributed by atoms with van der Waals surface area (Å²) >= 11 is 0. The summed E-state index contributed by atoms with van der Waals surface area (Å²) < 4.78 is 0. The molecule has 0 aromatic carbocycles. The van der Waals surface area contributed by atoms with E-state index >= 15 is 0 Å². The standard InChI is InChI=1S/C12H20N2/c1-3-12(2)8-14(9-12)11-6-4-5-10(11)7-13/h10-11H,3-6,8-9H2,1-2H3. The van der Waals surface area contributed by atoms with Gasteiger partial charge >= 0.3 is 0 Å². The van der Waals surface area contributed by atoms with E-state index in [4.69, 9.17) is 5.26 Å². The smallest absolute Gasteiger partial charge is 0.0672 e. The first-order valence-corrected chi connectivity index (χ1v) is 5.82. The van der Waals surface area contributed by atoms with Crippen LogP contribution in [-0.2, 0) is 0 Å². The Hall–Kier alpha value is -0.550. The Morgan fingerprint density at radius 2 is 2.14 bits per heavy atom. The third-order valence-electron chi connectivity index (χ3n) is 4.14. The first-order valence-electron chi connectivity index (χ1n) is 5.82. The van der Waals surface area contributed by atoms with Gasteiger partial charge in [0.05, 0.1) is 12.0 Å². The van der Waals surface area contributed by atoms with Crippen molar-refractivity contribution in [2.24, 2.45) is 11.3 Å². The molecule has 1 heterocycles. The molecule has 0 bridgehead atoms. The quantitative estimate of drug-likeness (QED) is 0.672. The first kappa shape index (κ1) is 9.98. The van der Waals surface area contributed by atoms with Crippen LogP contribution in [0.2, 0.25) is 0 Å². The van der Waals surface area contributed by atoms with E-state index in [1.807, 2.05) is 0 Å². The van der Waals surface area contributed by atoms with Gasteiger partial charge in [0.15, 0.2) is 0 Å². The zero-order valence-electron chi connectivity index (χ0n) is 9.29. The lowest BCUT2D eigenvalue weighted by molar-refractivity contribution is -0.0265. The minimum atomic E-state index is 0.316. The fraction of sp³-hybridized carbons (Fsp3) is 0.917. The van der Waals surface area contributed by atoms with Crippen LogP contribution < -0.4 is 0 Å². The molecule has 2 atom stereocenters. The largest absolute Gasteiger partial charge is 0.298 e. The molecule has 2 fully saturated rings. The maximum Gasteiger partial charge on any atom is 0.0672 e. The van der Waals surface area contributed by atoms with Crippen LogP contribution in [0.4, 0.5) is 0 Å². The number of likely N-dealkylation sites (tertiary alicyclic amines) is 1. The van der Waals surface area contributed by atoms with E-state index in [2.05, 4.69) is 24.8 Å². The van der Waals surface area contributed by atoms with Crippen molar-refractivity contribution in [3.05, 3.63) is 0 Å². The highest BCUT2D eigenvalue weighted by atomic mass is 15.2. The Labute approximate surface area is 86.9 Å². The van der Waals surface area contributed by atoms with Crippen LogP contribution in [0.25, 0.3) is 0 Å². The molecule has 2 rings (SSSR count). The highest BCUT2D eigenvalue weighted by molar-refractivity contribution is 5.03. The summed E-state index contributed by atoms with van der Waals surface area (Å²) in [7, 11) is 0. The molecule has 14 heavy (non-hydrogen) atoms. The van der Waals surface area contributed by atoms with Crippen LogP contribution in [0.1, 0.15) is 39.5 Å². The lowest BCUT2D eigenvalue weighted by Gasteiger charge is -2.51. The van der Waals surface area contributed by atoms with Gasteiger partial charge in [-0.3, -0.25) is 4.90 Å². The summed E-state index contributed by atoms with van der Waals surface area (Å²) in [6.45, 7) is 7.06. The Morgan fingerprint density at radius 3 is 2.71 bits per heavy atom. The first-order chi connectivity index (χ1) is 6.68. The lowest BCUT2D eigenvalue weighted by Crippen LogP contribution is -2.58. The molecule has 0 radical (unpaired) electrons. The third-order valence-corrected chi connectivity index (χ3v) is 4.14. The second-order valence-corrected chi connectivity index (χ2v) is 5.30. The summed E-state index contributed by atoms with van der Waals surface area (Å²) in [5.74, 6) is 0.316. The maximum atomic E-state index is 9.02. The van der Waals surface area contributed by atoms with Gasteiger partial charge < -0.3 is 0 Å². The van der Waals surface area contributed by atoms with Crippen LogP contribution in [0.5, 0.6) is 0 Å². The molecule has 0 N–H and O–H groups in total. The molecule has 0 amide bonds. The van der Waals surface area contributed by atoms with Gasteiger partial charge in [0.1, 0.15) is 0 Å². The average Bonchev–Trinajstić information content (AvgIpc) is 2.60. The van der Waals surface area contributed by atoms with E-state index < -0.39 is 0 Å². The fourth-order valence-electron chi connectivity index (χ4n) is 2.92. The van der Waals surface area contributed by atoms with E-state index in [9.17, 15) is 0 Å². The second-order valence-electron chi connectivity index (χ2n) is 5.30. The number of nitrogens with zero attached hydrogens (tertiary/aromatic N) is 2. The number of nitriles is 1. The zero-order valence-corrected chi connectivity index (χ0v) is 9.29. The predicted octanol–water partition coefficient (Wildman–Crippen LogP) is 2.41. The number of rotatable bonds is 2. The molecule has 2 heteroatoms. The number of hydrogen-bond acceptors (Lipinski definition) is 2. The summed E-state index contributed by atoms with van der Waals surface area (Å²) in [5, 5.41) is 9.02. The molecule has 1 saturated carbocycles. The molecule has 1 aliphatic heterocycles. The third kappa shape index (κ3) is 1.54. The van der Waals surface area contributed by atoms with Crippen LogP contribution >= 0.6 is 0 Å². The normalized spacial score (nSPS) is 36.4. The van der Waals surface area contributed by atoms with E-state index in [0.717, 1.165) is 6.42 Å². The minimum absolute atomic E-state index is 0.316. The van der Waals surface area contributed by atoms with Gasteiger partial charge in [-0.1, -0.05) is 20.3 Å². The monoisotopic (exact) mass is 192 g/mol. The van der Waals surface area contributed by atoms with E-state index in [-0.39, 0.29) is 0 Å². The van der Waals surface area contributed by atoms with Gasteiger partial charge in [0.2, 0.25) is 0 Å². The van der Waals surface area contributed by atoms with Crippen LogP contribution in [0, 0.1) is 22.7 Å². The van der Waals surface area contributed by atoms with E-state index in [1.54, 1.807) is 0 Å². The molecule has 1 aliphatic carbocycles. The summed E-state index contributed by atoms with van der Waals surface area (Å²) in [6.07, 6.45) is 4.90. The Balaban J connectivity index is 1.90. The van der Waals surface area contributed by atoms with Gasteiger partial charge in [0, 0.05) is 19.1 Å². The highest BCUT2D eigenvalue weighted by Crippen LogP contribution is 2.40. The van der Waals surface area contributed by atoms with E-state index in [1.165, 1.54) is 32.4 Å². The molecule has 0 spiro atoms. The van der Waals surface area contributed by atoms with Gasteiger partial charge in [-0.2, -0.15) is 5.26 Å². The Kier molecular flexibility index (Phi) is 2.53. The van der Waals surface area contributed by atoms with Crippen LogP contribution in [0.15, 0.2) is 0 Å². The van der Waals surface area contributed by atoms with Crippen molar-refractivity contribution >= 4 is 0 Å². The highest BCUT2D eigenvalue weighted by Gasteiger charge is 2.44. The second kappa shape index (κ2) is 3.55. The van der Waals surface area contributed by atoms with Crippen molar-refractivity contribution in [1.29, 1.82) is 5.26 Å². The summed E-state index contributed by atoms with van der Waals surface area (Å²) in [5.41, 5.74) is 0.544. The Morgan fingerprint density at radius 1 is 1.43 bits per heavy atom. The summed E-state index contributed by atoms with van der Waals surface area (Å²) in [4.78, 5) is 2.53. The van der Waals surface area contributed by atoms with Gasteiger partial charge in [-0.25, -0.2) is 0 Å². The van der Waals surface area contributed by atoms with Crippen molar-refractivity contribution in [1.82, 2.24) is 4.90 Å². The SMILES string of the molecule is CCC1(C)CN(C2CCCC2C#N)C1. The van der Waals surface area contributed by atoms with Gasteiger partial charge in [0.25, 0.3) is 0 Å². The zero-order chi connectivity index (χ0) is 10.2. The minimum Gasteiger partial charge on any atom is -0.298 e. The van der Waals surface area contributed by atoms with E-state index in [0.29, 0.717) is 17.4 Å². The van der Waals surface area contributed by atoms with Crippen molar-refractivity contribution in [2.75, 3.05) is 13.1 Å². The molecule has 2 aliphatic rings. The van der Waals surface area contributed by atoms with Crippen molar-refractivity contribution in [3.63, 3.8) is 0 Å². The van der Waals surface area contributed by atoms with Crippen molar-refractivity contribution in [3.8, 4) is 6.07 Å². The molecular formula is C12H20N2. The van der Waals surface area contributed by atoms with Gasteiger partial charge in [-0.05, 0) is 24.7 Å². The Bertz CT molecular complexity index is 248. The predicted molar refractivity (Wildman–Crippen MR) is 56.7 cm³/mol. The molecule has 0 aromatic heterocycles. The van der Waals surface area contributed by atoms with Gasteiger partial charge in [-0.15, -0.1) is 0 Å². The molecule has 0 aromatic rings. The topological polar surface area (TPSA) is 27.0 Å². The molecule has 2 unspecified atom stereocenters. The maximum absolute atomic E-state index is 9.02. The van der Waals surface area contributed by atoms with Crippen molar-refractivity contribution < 1.29 is 0 Å². The molecular weight excluding hydrogens is 172 g/mol. The molecule has 2 nitrogen and oxygen atoms in total. The van der Waals surface area contributed by atoms with Crippen LogP contribution in [-0.4, -0.2) is 24.0 Å². The summed E-state index contributed by atoms with van der Waals surface area (Å²) in [6, 6.07) is 3.05. The van der Waals surface area contributed by atoms with Crippen molar-refractivity contribution in [2.45, 2.75) is 45.6 Å². The van der Waals surface area contributed by atoms with Crippen LogP contribution in [0.3, 0.4) is 0 Å². The fourth-order valence-corrected chi connectivity index (χ4v) is 2.92.